The Labute approximate surface area is 179 Å². The number of amides is 2. The molecule has 4 rings (SSSR count). The molecule has 6 nitrogen and oxygen atoms in total. The molecule has 2 heterocycles. The Balaban J connectivity index is 1.31. The Kier molecular flexibility index (Phi) is 6.18. The Morgan fingerprint density at radius 1 is 1.03 bits per heavy atom. The topological polar surface area (TPSA) is 75.9 Å². The van der Waals surface area contributed by atoms with Crippen molar-refractivity contribution in [2.24, 2.45) is 17.6 Å². The summed E-state index contributed by atoms with van der Waals surface area (Å²) in [5, 5.41) is 0. The zero-order chi connectivity index (χ0) is 22.0. The van der Waals surface area contributed by atoms with Crippen LogP contribution in [0.3, 0.4) is 0 Å². The first-order valence-electron chi connectivity index (χ1n) is 10.3. The molecule has 0 aromatic heterocycles. The quantitative estimate of drug-likeness (QED) is 0.767. The van der Waals surface area contributed by atoms with Crippen molar-refractivity contribution in [1.82, 2.24) is 9.80 Å². The van der Waals surface area contributed by atoms with Crippen LogP contribution in [-0.2, 0) is 0 Å². The monoisotopic (exact) mass is 428 g/mol. The molecule has 2 aromatic carbocycles. The van der Waals surface area contributed by atoms with Crippen molar-refractivity contribution in [3.8, 4) is 5.75 Å². The van der Waals surface area contributed by atoms with Crippen LogP contribution in [0.2, 0.25) is 0 Å². The number of nitrogens with two attached hydrogens (primary N) is 1. The molecule has 2 aliphatic rings. The van der Waals surface area contributed by atoms with E-state index in [1.165, 1.54) is 10.5 Å². The van der Waals surface area contributed by atoms with Gasteiger partial charge in [0.15, 0.2) is 0 Å². The first kappa shape index (κ1) is 21.2. The number of benzene rings is 2. The number of primary amides is 1. The number of hydrogen-bond acceptors (Lipinski definition) is 4. The number of rotatable bonds is 6. The van der Waals surface area contributed by atoms with Gasteiger partial charge in [-0.2, -0.15) is 0 Å². The second kappa shape index (κ2) is 9.01. The third kappa shape index (κ3) is 4.85. The highest BCUT2D eigenvalue weighted by molar-refractivity contribution is 5.95. The highest BCUT2D eigenvalue weighted by Crippen LogP contribution is 2.33. The molecule has 2 N–H and O–H groups in total. The summed E-state index contributed by atoms with van der Waals surface area (Å²) >= 11 is 0. The van der Waals surface area contributed by atoms with Crippen molar-refractivity contribution >= 4 is 12.0 Å². The smallest absolute Gasteiger partial charge is 0.409 e. The molecule has 0 bridgehead atoms. The van der Waals surface area contributed by atoms with E-state index in [1.807, 2.05) is 18.2 Å². The Morgan fingerprint density at radius 2 is 1.65 bits per heavy atom. The summed E-state index contributed by atoms with van der Waals surface area (Å²) in [6.07, 6.45) is 1.97. The molecule has 1 unspecified atom stereocenters. The molecule has 163 valence electrons. The van der Waals surface area contributed by atoms with E-state index >= 15 is 0 Å². The molecule has 8 heteroatoms. The average molecular weight is 428 g/mol. The van der Waals surface area contributed by atoms with Gasteiger partial charge in [-0.15, -0.1) is 0 Å². The van der Waals surface area contributed by atoms with Crippen LogP contribution in [0.5, 0.6) is 5.75 Å². The lowest BCUT2D eigenvalue weighted by Crippen LogP contribution is -2.34. The minimum absolute atomic E-state index is 0.296. The lowest BCUT2D eigenvalue weighted by atomic mass is 10.0. The third-order valence-electron chi connectivity index (χ3n) is 5.92. The maximum atomic E-state index is 14.4. The van der Waals surface area contributed by atoms with Gasteiger partial charge < -0.3 is 20.3 Å². The molecule has 1 radical (unpaired) electrons. The summed E-state index contributed by atoms with van der Waals surface area (Å²) in [6, 6.07) is 11.8. The van der Waals surface area contributed by atoms with Crippen molar-refractivity contribution in [2.75, 3.05) is 32.7 Å². The van der Waals surface area contributed by atoms with Gasteiger partial charge in [0.2, 0.25) is 0 Å². The third-order valence-corrected chi connectivity index (χ3v) is 5.92. The van der Waals surface area contributed by atoms with Crippen LogP contribution in [-0.4, -0.2) is 54.5 Å². The standard InChI is InChI=1S/C23H24F2N3O3/c24-19-9-18(31-23(26)30)10-20(25)21(19)22(29)28-13-16-11-27(12-17(16)14-28)8-4-7-15-5-2-1-3-6-15/h1-3,5-7,9-10,16-17H,4,8,11-14H2,(H2,26,30)/t16-,17?/m0/s1. The maximum Gasteiger partial charge on any atom is 0.409 e. The number of carbonyl (C=O) groups is 2. The molecule has 0 saturated carbocycles. The fourth-order valence-electron chi connectivity index (χ4n) is 4.53. The molecular weight excluding hydrogens is 404 g/mol. The molecule has 2 saturated heterocycles. The highest BCUT2D eigenvalue weighted by Gasteiger charge is 2.42. The number of hydrogen-bond donors (Lipinski definition) is 1. The zero-order valence-corrected chi connectivity index (χ0v) is 17.0. The maximum absolute atomic E-state index is 14.4. The molecule has 2 aliphatic heterocycles. The Bertz CT molecular complexity index is 933. The first-order valence-corrected chi connectivity index (χ1v) is 10.3. The van der Waals surface area contributed by atoms with Gasteiger partial charge in [0.05, 0.1) is 0 Å². The molecule has 2 aromatic rings. The second-order valence-electron chi connectivity index (χ2n) is 8.08. The first-order chi connectivity index (χ1) is 14.9. The lowest BCUT2D eigenvalue weighted by molar-refractivity contribution is 0.0764. The van der Waals surface area contributed by atoms with Crippen LogP contribution in [0, 0.1) is 29.9 Å². The van der Waals surface area contributed by atoms with Crippen molar-refractivity contribution in [3.05, 3.63) is 71.6 Å². The summed E-state index contributed by atoms with van der Waals surface area (Å²) in [7, 11) is 0. The van der Waals surface area contributed by atoms with Crippen molar-refractivity contribution in [3.63, 3.8) is 0 Å². The fourth-order valence-corrected chi connectivity index (χ4v) is 4.53. The highest BCUT2D eigenvalue weighted by atomic mass is 19.1. The number of fused-ring (bicyclic) bond motifs is 1. The van der Waals surface area contributed by atoms with Crippen molar-refractivity contribution < 1.29 is 23.1 Å². The number of nitrogens with zero attached hydrogens (tertiary/aromatic N) is 2. The number of carbonyl (C=O) groups excluding carboxylic acids is 2. The molecule has 0 spiro atoms. The van der Waals surface area contributed by atoms with Gasteiger partial charge in [-0.1, -0.05) is 30.3 Å². The zero-order valence-electron chi connectivity index (χ0n) is 17.0. The summed E-state index contributed by atoms with van der Waals surface area (Å²) in [5.74, 6) is -2.61. The van der Waals surface area contributed by atoms with Gasteiger partial charge in [0.1, 0.15) is 22.9 Å². The van der Waals surface area contributed by atoms with Crippen LogP contribution >= 0.6 is 0 Å². The molecule has 2 atom stereocenters. The lowest BCUT2D eigenvalue weighted by Gasteiger charge is -2.22. The number of ether oxygens (including phenoxy) is 1. The summed E-state index contributed by atoms with van der Waals surface area (Å²) < 4.78 is 33.2. The molecule has 31 heavy (non-hydrogen) atoms. The Hall–Kier alpha value is -3.00. The van der Waals surface area contributed by atoms with Crippen LogP contribution in [0.4, 0.5) is 13.6 Å². The van der Waals surface area contributed by atoms with E-state index in [0.717, 1.165) is 38.2 Å². The summed E-state index contributed by atoms with van der Waals surface area (Å²) in [5.41, 5.74) is 5.43. The van der Waals surface area contributed by atoms with Crippen molar-refractivity contribution in [2.45, 2.75) is 6.42 Å². The molecule has 2 amide bonds. The largest absolute Gasteiger partial charge is 0.410 e. The second-order valence-corrected chi connectivity index (χ2v) is 8.08. The summed E-state index contributed by atoms with van der Waals surface area (Å²) in [6.45, 7) is 3.63. The van der Waals surface area contributed by atoms with Gasteiger partial charge in [-0.05, 0) is 36.8 Å². The minimum atomic E-state index is -1.18. The predicted octanol–water partition coefficient (Wildman–Crippen LogP) is 3.07. The van der Waals surface area contributed by atoms with E-state index in [2.05, 4.69) is 28.2 Å². The molecule has 2 fully saturated rings. The van der Waals surface area contributed by atoms with Gasteiger partial charge in [0, 0.05) is 38.3 Å². The molecular formula is C23H24F2N3O3. The minimum Gasteiger partial charge on any atom is -0.410 e. The van der Waals surface area contributed by atoms with Crippen LogP contribution < -0.4 is 10.5 Å². The van der Waals surface area contributed by atoms with E-state index in [4.69, 9.17) is 5.73 Å². The van der Waals surface area contributed by atoms with E-state index in [9.17, 15) is 18.4 Å². The number of halogens is 2. The molecule has 0 aliphatic carbocycles. The van der Waals surface area contributed by atoms with E-state index in [0.29, 0.717) is 24.9 Å². The Morgan fingerprint density at radius 3 is 2.23 bits per heavy atom. The van der Waals surface area contributed by atoms with E-state index < -0.39 is 29.2 Å². The SMILES string of the molecule is NC(=O)Oc1cc(F)c(C(=O)N2CC3CN(CC[CH]c4ccccc4)C[C@H]3C2)c(F)c1. The normalized spacial score (nSPS) is 20.6. The summed E-state index contributed by atoms with van der Waals surface area (Å²) in [4.78, 5) is 27.4. The average Bonchev–Trinajstić information content (AvgIpc) is 3.26. The van der Waals surface area contributed by atoms with Crippen molar-refractivity contribution in [1.29, 1.82) is 0 Å². The van der Waals surface area contributed by atoms with Crippen LogP contribution in [0.15, 0.2) is 42.5 Å². The van der Waals surface area contributed by atoms with Gasteiger partial charge >= 0.3 is 6.09 Å². The van der Waals surface area contributed by atoms with Gasteiger partial charge in [-0.3, -0.25) is 4.79 Å². The predicted molar refractivity (Wildman–Crippen MR) is 110 cm³/mol. The van der Waals surface area contributed by atoms with Gasteiger partial charge in [0.25, 0.3) is 5.91 Å². The number of likely N-dealkylation sites (tertiary alicyclic amines) is 2. The fraction of sp³-hybridized carbons (Fsp3) is 0.348. The van der Waals surface area contributed by atoms with E-state index in [-0.39, 0.29) is 5.75 Å². The van der Waals surface area contributed by atoms with Crippen LogP contribution in [0.25, 0.3) is 0 Å². The van der Waals surface area contributed by atoms with E-state index in [1.54, 1.807) is 0 Å². The van der Waals surface area contributed by atoms with Gasteiger partial charge in [-0.25, -0.2) is 13.6 Å². The van der Waals surface area contributed by atoms with Crippen LogP contribution in [0.1, 0.15) is 22.3 Å².